The fourth-order valence-corrected chi connectivity index (χ4v) is 1.83. The lowest BCUT2D eigenvalue weighted by molar-refractivity contribution is 0.0691. The maximum atomic E-state index is 11.6. The number of carboxylic acid groups (broad SMARTS) is 1. The fourth-order valence-electron chi connectivity index (χ4n) is 1.83. The molecule has 0 fully saturated rings. The van der Waals surface area contributed by atoms with E-state index in [0.29, 0.717) is 22.2 Å². The average Bonchev–Trinajstić information content (AvgIpc) is 2.70. The van der Waals surface area contributed by atoms with Crippen LogP contribution in [-0.2, 0) is 0 Å². The largest absolute Gasteiger partial charge is 0.496 e. The number of rotatable bonds is 3. The van der Waals surface area contributed by atoms with Crippen molar-refractivity contribution in [1.82, 2.24) is 4.98 Å². The highest BCUT2D eigenvalue weighted by atomic mass is 16.5. The second kappa shape index (κ2) is 3.93. The molecule has 17 heavy (non-hydrogen) atoms. The SMILES string of the molecule is COc1ccc2[nH]c(C(=O)O)cc2c1C(C)=O. The van der Waals surface area contributed by atoms with Crippen LogP contribution in [-0.4, -0.2) is 29.0 Å². The van der Waals surface area contributed by atoms with Gasteiger partial charge < -0.3 is 14.8 Å². The van der Waals surface area contributed by atoms with Gasteiger partial charge in [-0.15, -0.1) is 0 Å². The number of carboxylic acids is 1. The van der Waals surface area contributed by atoms with Gasteiger partial charge in [-0.2, -0.15) is 0 Å². The number of fused-ring (bicyclic) bond motifs is 1. The molecule has 2 N–H and O–H groups in total. The smallest absolute Gasteiger partial charge is 0.352 e. The van der Waals surface area contributed by atoms with Crippen LogP contribution in [0.2, 0.25) is 0 Å². The summed E-state index contributed by atoms with van der Waals surface area (Å²) in [4.78, 5) is 25.2. The van der Waals surface area contributed by atoms with E-state index in [1.165, 1.54) is 20.1 Å². The number of carbonyl (C=O) groups excluding carboxylic acids is 1. The van der Waals surface area contributed by atoms with Crippen LogP contribution in [0.25, 0.3) is 10.9 Å². The van der Waals surface area contributed by atoms with E-state index in [4.69, 9.17) is 9.84 Å². The van der Waals surface area contributed by atoms with Crippen LogP contribution in [0.15, 0.2) is 18.2 Å². The monoisotopic (exact) mass is 233 g/mol. The summed E-state index contributed by atoms with van der Waals surface area (Å²) in [6, 6.07) is 4.77. The molecule has 0 bridgehead atoms. The zero-order valence-corrected chi connectivity index (χ0v) is 9.40. The van der Waals surface area contributed by atoms with E-state index < -0.39 is 5.97 Å². The van der Waals surface area contributed by atoms with Crippen molar-refractivity contribution in [3.8, 4) is 5.75 Å². The van der Waals surface area contributed by atoms with E-state index in [9.17, 15) is 9.59 Å². The Labute approximate surface area is 97.0 Å². The Morgan fingerprint density at radius 2 is 2.06 bits per heavy atom. The lowest BCUT2D eigenvalue weighted by Gasteiger charge is -2.06. The molecule has 0 aliphatic carbocycles. The van der Waals surface area contributed by atoms with Crippen molar-refractivity contribution in [1.29, 1.82) is 0 Å². The van der Waals surface area contributed by atoms with Crippen LogP contribution in [0.3, 0.4) is 0 Å². The molecule has 0 atom stereocenters. The van der Waals surface area contributed by atoms with Crippen molar-refractivity contribution in [3.05, 3.63) is 29.5 Å². The number of nitrogens with one attached hydrogen (secondary N) is 1. The van der Waals surface area contributed by atoms with Crippen LogP contribution < -0.4 is 4.74 Å². The fraction of sp³-hybridized carbons (Fsp3) is 0.167. The molecule has 88 valence electrons. The first-order valence-electron chi connectivity index (χ1n) is 4.98. The molecule has 0 saturated carbocycles. The predicted molar refractivity (Wildman–Crippen MR) is 61.8 cm³/mol. The van der Waals surface area contributed by atoms with Gasteiger partial charge in [-0.3, -0.25) is 4.79 Å². The predicted octanol–water partition coefficient (Wildman–Crippen LogP) is 2.08. The zero-order valence-electron chi connectivity index (χ0n) is 9.40. The number of ether oxygens (including phenoxy) is 1. The van der Waals surface area contributed by atoms with Crippen molar-refractivity contribution in [3.63, 3.8) is 0 Å². The number of Topliss-reactive ketones (excluding diaryl/α,β-unsaturated/α-hetero) is 1. The van der Waals surface area contributed by atoms with E-state index in [1.807, 2.05) is 0 Å². The van der Waals surface area contributed by atoms with Gasteiger partial charge in [0.15, 0.2) is 5.78 Å². The van der Waals surface area contributed by atoms with E-state index in [-0.39, 0.29) is 11.5 Å². The Kier molecular flexibility index (Phi) is 2.59. The lowest BCUT2D eigenvalue weighted by atomic mass is 10.1. The summed E-state index contributed by atoms with van der Waals surface area (Å²) in [5.74, 6) is -0.779. The minimum atomic E-state index is -1.06. The van der Waals surface area contributed by atoms with Crippen molar-refractivity contribution in [2.45, 2.75) is 6.92 Å². The van der Waals surface area contributed by atoms with Crippen LogP contribution >= 0.6 is 0 Å². The quantitative estimate of drug-likeness (QED) is 0.795. The molecule has 0 aliphatic heterocycles. The van der Waals surface area contributed by atoms with Crippen molar-refractivity contribution >= 4 is 22.7 Å². The number of carbonyl (C=O) groups is 2. The first-order valence-corrected chi connectivity index (χ1v) is 4.98. The number of methoxy groups -OCH3 is 1. The molecule has 0 spiro atoms. The van der Waals surface area contributed by atoms with Gasteiger partial charge >= 0.3 is 5.97 Å². The van der Waals surface area contributed by atoms with Gasteiger partial charge in [0.1, 0.15) is 11.4 Å². The Morgan fingerprint density at radius 3 is 2.59 bits per heavy atom. The molecule has 0 aliphatic rings. The number of hydrogen-bond acceptors (Lipinski definition) is 3. The summed E-state index contributed by atoms with van der Waals surface area (Å²) in [5, 5.41) is 9.46. The summed E-state index contributed by atoms with van der Waals surface area (Å²) in [7, 11) is 1.47. The summed E-state index contributed by atoms with van der Waals surface area (Å²) < 4.78 is 5.10. The number of benzene rings is 1. The number of aromatic amines is 1. The first kappa shape index (κ1) is 11.2. The number of aromatic nitrogens is 1. The molecular formula is C12H11NO4. The van der Waals surface area contributed by atoms with Crippen molar-refractivity contribution in [2.75, 3.05) is 7.11 Å². The van der Waals surface area contributed by atoms with Crippen LogP contribution in [0.4, 0.5) is 0 Å². The van der Waals surface area contributed by atoms with E-state index in [1.54, 1.807) is 12.1 Å². The second-order valence-electron chi connectivity index (χ2n) is 3.65. The van der Waals surface area contributed by atoms with E-state index in [0.717, 1.165) is 0 Å². The molecule has 5 heteroatoms. The third-order valence-corrected chi connectivity index (χ3v) is 2.57. The molecule has 0 unspecified atom stereocenters. The molecule has 2 rings (SSSR count). The molecular weight excluding hydrogens is 222 g/mol. The second-order valence-corrected chi connectivity index (χ2v) is 3.65. The Hall–Kier alpha value is -2.30. The van der Waals surface area contributed by atoms with Crippen molar-refractivity contribution < 1.29 is 19.4 Å². The summed E-state index contributed by atoms with van der Waals surface area (Å²) >= 11 is 0. The van der Waals surface area contributed by atoms with Gasteiger partial charge in [0.2, 0.25) is 0 Å². The molecule has 1 heterocycles. The number of hydrogen-bond donors (Lipinski definition) is 2. The summed E-state index contributed by atoms with van der Waals surface area (Å²) in [5.41, 5.74) is 1.05. The van der Waals surface area contributed by atoms with Crippen LogP contribution in [0, 0.1) is 0 Å². The topological polar surface area (TPSA) is 79.4 Å². The molecule has 2 aromatic rings. The summed E-state index contributed by atoms with van der Waals surface area (Å²) in [6.07, 6.45) is 0. The molecule has 1 aromatic carbocycles. The highest BCUT2D eigenvalue weighted by molar-refractivity contribution is 6.10. The maximum Gasteiger partial charge on any atom is 0.352 e. The normalized spacial score (nSPS) is 10.5. The number of ketones is 1. The first-order chi connectivity index (χ1) is 8.04. The Balaban J connectivity index is 2.80. The third kappa shape index (κ3) is 1.75. The van der Waals surface area contributed by atoms with Gasteiger partial charge in [0.05, 0.1) is 12.7 Å². The lowest BCUT2D eigenvalue weighted by Crippen LogP contribution is -1.97. The molecule has 5 nitrogen and oxygen atoms in total. The highest BCUT2D eigenvalue weighted by Gasteiger charge is 2.16. The van der Waals surface area contributed by atoms with Gasteiger partial charge in [-0.05, 0) is 25.1 Å². The molecule has 0 saturated heterocycles. The van der Waals surface area contributed by atoms with Gasteiger partial charge in [-0.25, -0.2) is 4.79 Å². The highest BCUT2D eigenvalue weighted by Crippen LogP contribution is 2.28. The Bertz CT molecular complexity index is 612. The number of H-pyrrole nitrogens is 1. The van der Waals surface area contributed by atoms with E-state index in [2.05, 4.69) is 4.98 Å². The van der Waals surface area contributed by atoms with Crippen LogP contribution in [0.1, 0.15) is 27.8 Å². The van der Waals surface area contributed by atoms with Gasteiger partial charge in [0, 0.05) is 10.9 Å². The Morgan fingerprint density at radius 1 is 1.35 bits per heavy atom. The van der Waals surface area contributed by atoms with Crippen LogP contribution in [0.5, 0.6) is 5.75 Å². The number of aromatic carboxylic acids is 1. The molecule has 1 aromatic heterocycles. The molecule has 0 amide bonds. The minimum Gasteiger partial charge on any atom is -0.496 e. The summed E-state index contributed by atoms with van der Waals surface area (Å²) in [6.45, 7) is 1.42. The average molecular weight is 233 g/mol. The minimum absolute atomic E-state index is 0.0516. The maximum absolute atomic E-state index is 11.6. The third-order valence-electron chi connectivity index (χ3n) is 2.57. The molecule has 0 radical (unpaired) electrons. The van der Waals surface area contributed by atoms with E-state index >= 15 is 0 Å². The van der Waals surface area contributed by atoms with Crippen molar-refractivity contribution in [2.24, 2.45) is 0 Å². The van der Waals surface area contributed by atoms with Gasteiger partial charge in [0.25, 0.3) is 0 Å². The standard InChI is InChI=1S/C12H11NO4/c1-6(14)11-7-5-9(12(15)16)13-8(7)3-4-10(11)17-2/h3-5,13H,1-2H3,(H,15,16). The van der Waals surface area contributed by atoms with Gasteiger partial charge in [-0.1, -0.05) is 0 Å². The zero-order chi connectivity index (χ0) is 12.6.